The monoisotopic (exact) mass is 253 g/mol. The number of nitrogens with one attached hydrogen (secondary N) is 1. The molecule has 1 atom stereocenters. The van der Waals surface area contributed by atoms with Gasteiger partial charge < -0.3 is 10.4 Å². The lowest BCUT2D eigenvalue weighted by Crippen LogP contribution is -2.26. The number of anilines is 1. The van der Waals surface area contributed by atoms with E-state index in [2.05, 4.69) is 24.1 Å². The topological polar surface area (TPSA) is 68.9 Å². The molecule has 1 aromatic heterocycles. The predicted octanol–water partition coefficient (Wildman–Crippen LogP) is 2.43. The quantitative estimate of drug-likeness (QED) is 0.846. The second-order valence-electron chi connectivity index (χ2n) is 4.29. The van der Waals surface area contributed by atoms with Gasteiger partial charge in [-0.2, -0.15) is 5.26 Å². The van der Waals surface area contributed by atoms with Crippen LogP contribution in [0.5, 0.6) is 0 Å². The zero-order valence-electron chi connectivity index (χ0n) is 9.94. The van der Waals surface area contributed by atoms with Crippen molar-refractivity contribution in [3.8, 4) is 6.07 Å². The first-order chi connectivity index (χ1) is 8.08. The van der Waals surface area contributed by atoms with Crippen LogP contribution in [0.4, 0.5) is 5.82 Å². The SMILES string of the molecule is CC(C)CC(CO)Nc1nccc(C#N)c1Cl. The number of aliphatic hydroxyl groups excluding tert-OH is 1. The minimum atomic E-state index is -0.103. The number of nitriles is 1. The van der Waals surface area contributed by atoms with Crippen LogP contribution in [0.1, 0.15) is 25.8 Å². The molecule has 0 radical (unpaired) electrons. The molecule has 1 unspecified atom stereocenters. The summed E-state index contributed by atoms with van der Waals surface area (Å²) in [6, 6.07) is 3.45. The zero-order chi connectivity index (χ0) is 12.8. The molecular formula is C12H16ClN3O. The number of halogens is 1. The molecule has 2 N–H and O–H groups in total. The normalized spacial score (nSPS) is 12.2. The van der Waals surface area contributed by atoms with Crippen molar-refractivity contribution in [2.45, 2.75) is 26.3 Å². The number of pyridine rings is 1. The van der Waals surface area contributed by atoms with Gasteiger partial charge in [0.05, 0.1) is 18.2 Å². The molecule has 4 nitrogen and oxygen atoms in total. The summed E-state index contributed by atoms with van der Waals surface area (Å²) >= 11 is 6.02. The summed E-state index contributed by atoms with van der Waals surface area (Å²) < 4.78 is 0. The Balaban J connectivity index is 2.83. The molecule has 1 aromatic rings. The van der Waals surface area contributed by atoms with Crippen molar-refractivity contribution in [1.29, 1.82) is 5.26 Å². The van der Waals surface area contributed by atoms with Gasteiger partial charge in [-0.25, -0.2) is 4.98 Å². The van der Waals surface area contributed by atoms with Crippen LogP contribution in [0.2, 0.25) is 5.02 Å². The summed E-state index contributed by atoms with van der Waals surface area (Å²) in [4.78, 5) is 4.08. The van der Waals surface area contributed by atoms with Crippen LogP contribution in [0.3, 0.4) is 0 Å². The van der Waals surface area contributed by atoms with E-state index >= 15 is 0 Å². The number of aromatic nitrogens is 1. The Hall–Kier alpha value is -1.31. The molecule has 0 saturated heterocycles. The van der Waals surface area contributed by atoms with Gasteiger partial charge in [-0.1, -0.05) is 25.4 Å². The van der Waals surface area contributed by atoms with Crippen LogP contribution in [-0.4, -0.2) is 22.7 Å². The van der Waals surface area contributed by atoms with Crippen LogP contribution in [0.25, 0.3) is 0 Å². The lowest BCUT2D eigenvalue weighted by atomic mass is 10.0. The summed E-state index contributed by atoms with van der Waals surface area (Å²) in [5.74, 6) is 0.906. The highest BCUT2D eigenvalue weighted by atomic mass is 35.5. The number of nitrogens with zero attached hydrogens (tertiary/aromatic N) is 2. The molecular weight excluding hydrogens is 238 g/mol. The Morgan fingerprint density at radius 1 is 1.59 bits per heavy atom. The lowest BCUT2D eigenvalue weighted by Gasteiger charge is -2.19. The fraction of sp³-hybridized carbons (Fsp3) is 0.500. The first-order valence-electron chi connectivity index (χ1n) is 5.50. The third kappa shape index (κ3) is 3.88. The highest BCUT2D eigenvalue weighted by Crippen LogP contribution is 2.24. The summed E-state index contributed by atoms with van der Waals surface area (Å²) in [5, 5.41) is 21.5. The maximum absolute atomic E-state index is 9.26. The van der Waals surface area contributed by atoms with Crippen molar-refractivity contribution in [3.63, 3.8) is 0 Å². The van der Waals surface area contributed by atoms with Crippen molar-refractivity contribution >= 4 is 17.4 Å². The van der Waals surface area contributed by atoms with E-state index in [4.69, 9.17) is 16.9 Å². The van der Waals surface area contributed by atoms with E-state index in [9.17, 15) is 5.11 Å². The van der Waals surface area contributed by atoms with Gasteiger partial charge in [-0.15, -0.1) is 0 Å². The lowest BCUT2D eigenvalue weighted by molar-refractivity contribution is 0.259. The standard InChI is InChI=1S/C12H16ClN3O/c1-8(2)5-10(7-17)16-12-11(13)9(6-14)3-4-15-12/h3-4,8,10,17H,5,7H2,1-2H3,(H,15,16). The summed E-state index contributed by atoms with van der Waals surface area (Å²) in [6.45, 7) is 4.16. The molecule has 0 aliphatic rings. The number of aliphatic hydroxyl groups is 1. The van der Waals surface area contributed by atoms with Gasteiger partial charge in [0.2, 0.25) is 0 Å². The van der Waals surface area contributed by atoms with E-state index in [1.165, 1.54) is 6.20 Å². The third-order valence-corrected chi connectivity index (χ3v) is 2.71. The molecule has 0 fully saturated rings. The Morgan fingerprint density at radius 3 is 2.82 bits per heavy atom. The molecule has 92 valence electrons. The molecule has 0 aliphatic heterocycles. The van der Waals surface area contributed by atoms with E-state index in [0.717, 1.165) is 6.42 Å². The van der Waals surface area contributed by atoms with Crippen molar-refractivity contribution in [2.24, 2.45) is 5.92 Å². The van der Waals surface area contributed by atoms with Crippen LogP contribution in [0, 0.1) is 17.2 Å². The molecule has 0 saturated carbocycles. The summed E-state index contributed by atoms with van der Waals surface area (Å²) in [5.41, 5.74) is 0.380. The van der Waals surface area contributed by atoms with Crippen molar-refractivity contribution < 1.29 is 5.11 Å². The third-order valence-electron chi connectivity index (χ3n) is 2.33. The zero-order valence-corrected chi connectivity index (χ0v) is 10.7. The molecule has 0 aliphatic carbocycles. The molecule has 17 heavy (non-hydrogen) atoms. The van der Waals surface area contributed by atoms with Crippen molar-refractivity contribution in [1.82, 2.24) is 4.98 Å². The Labute approximate surface area is 106 Å². The van der Waals surface area contributed by atoms with E-state index in [-0.39, 0.29) is 12.6 Å². The highest BCUT2D eigenvalue weighted by Gasteiger charge is 2.13. The highest BCUT2D eigenvalue weighted by molar-refractivity contribution is 6.34. The van der Waals surface area contributed by atoms with Crippen LogP contribution < -0.4 is 5.32 Å². The van der Waals surface area contributed by atoms with Gasteiger partial charge in [-0.3, -0.25) is 0 Å². The Bertz CT molecular complexity index is 415. The number of hydrogen-bond donors (Lipinski definition) is 2. The molecule has 0 amide bonds. The van der Waals surface area contributed by atoms with Gasteiger partial charge in [0.15, 0.2) is 0 Å². The van der Waals surface area contributed by atoms with E-state index < -0.39 is 0 Å². The fourth-order valence-corrected chi connectivity index (χ4v) is 1.78. The Kier molecular flexibility index (Phi) is 5.20. The van der Waals surface area contributed by atoms with Crippen molar-refractivity contribution in [3.05, 3.63) is 22.8 Å². The fourth-order valence-electron chi connectivity index (χ4n) is 1.57. The molecule has 0 bridgehead atoms. The van der Waals surface area contributed by atoms with Gasteiger partial charge in [0, 0.05) is 6.20 Å². The average Bonchev–Trinajstić information content (AvgIpc) is 2.30. The maximum Gasteiger partial charge on any atom is 0.146 e. The number of rotatable bonds is 5. The van der Waals surface area contributed by atoms with E-state index in [1.54, 1.807) is 6.07 Å². The van der Waals surface area contributed by atoms with Gasteiger partial charge in [0.25, 0.3) is 0 Å². The second-order valence-corrected chi connectivity index (χ2v) is 4.66. The van der Waals surface area contributed by atoms with Crippen molar-refractivity contribution in [2.75, 3.05) is 11.9 Å². The molecule has 0 aromatic carbocycles. The van der Waals surface area contributed by atoms with E-state index in [0.29, 0.717) is 22.3 Å². The van der Waals surface area contributed by atoms with E-state index in [1.807, 2.05) is 6.07 Å². The first kappa shape index (κ1) is 13.8. The molecule has 1 heterocycles. The van der Waals surface area contributed by atoms with Crippen LogP contribution in [-0.2, 0) is 0 Å². The Morgan fingerprint density at radius 2 is 2.29 bits per heavy atom. The first-order valence-corrected chi connectivity index (χ1v) is 5.88. The number of hydrogen-bond acceptors (Lipinski definition) is 4. The maximum atomic E-state index is 9.26. The van der Waals surface area contributed by atoms with Crippen LogP contribution in [0.15, 0.2) is 12.3 Å². The minimum Gasteiger partial charge on any atom is -0.394 e. The molecule has 5 heteroatoms. The average molecular weight is 254 g/mol. The molecule has 1 rings (SSSR count). The van der Waals surface area contributed by atoms with Gasteiger partial charge >= 0.3 is 0 Å². The van der Waals surface area contributed by atoms with Gasteiger partial charge in [-0.05, 0) is 18.4 Å². The predicted molar refractivity (Wildman–Crippen MR) is 67.9 cm³/mol. The molecule has 0 spiro atoms. The van der Waals surface area contributed by atoms with Gasteiger partial charge in [0.1, 0.15) is 16.9 Å². The largest absolute Gasteiger partial charge is 0.394 e. The summed E-state index contributed by atoms with van der Waals surface area (Å²) in [6.07, 6.45) is 2.34. The van der Waals surface area contributed by atoms with Crippen LogP contribution >= 0.6 is 11.6 Å². The summed E-state index contributed by atoms with van der Waals surface area (Å²) in [7, 11) is 0. The smallest absolute Gasteiger partial charge is 0.146 e. The second kappa shape index (κ2) is 6.43. The minimum absolute atomic E-state index is 0.00691.